The van der Waals surface area contributed by atoms with Gasteiger partial charge in [-0.15, -0.1) is 0 Å². The second kappa shape index (κ2) is 6.05. The van der Waals surface area contributed by atoms with E-state index in [1.54, 1.807) is 43.8 Å². The molecule has 0 aliphatic rings. The van der Waals surface area contributed by atoms with Crippen LogP contribution in [-0.2, 0) is 0 Å². The minimum absolute atomic E-state index is 1.02. The molecule has 0 unspecified atom stereocenters. The van der Waals surface area contributed by atoms with E-state index < -0.39 is 0 Å². The van der Waals surface area contributed by atoms with Crippen molar-refractivity contribution < 1.29 is 0 Å². The van der Waals surface area contributed by atoms with Gasteiger partial charge < -0.3 is 0 Å². The molecule has 5 heteroatoms. The minimum Gasteiger partial charge on any atom is -0.249 e. The maximum absolute atomic E-state index is 4.22. The van der Waals surface area contributed by atoms with Gasteiger partial charge in [0.1, 0.15) is 10.1 Å². The Morgan fingerprint density at radius 1 is 0.733 bits per heavy atom. The summed E-state index contributed by atoms with van der Waals surface area (Å²) in [5, 5.41) is 2.04. The molecule has 2 heterocycles. The molecule has 0 aromatic carbocycles. The highest BCUT2D eigenvalue weighted by atomic mass is 33.5. The van der Waals surface area contributed by atoms with Crippen molar-refractivity contribution >= 4 is 31.4 Å². The molecule has 0 radical (unpaired) electrons. The molecule has 0 saturated heterocycles. The lowest BCUT2D eigenvalue weighted by atomic mass is 10.5. The van der Waals surface area contributed by atoms with Gasteiger partial charge in [-0.25, -0.2) is 9.97 Å². The summed E-state index contributed by atoms with van der Waals surface area (Å²) in [4.78, 5) is 8.44. The van der Waals surface area contributed by atoms with E-state index in [-0.39, 0.29) is 0 Å². The van der Waals surface area contributed by atoms with E-state index in [1.165, 1.54) is 0 Å². The van der Waals surface area contributed by atoms with Crippen molar-refractivity contribution in [3.05, 3.63) is 48.8 Å². The number of aromatic nitrogens is 2. The Hall–Kier alpha value is -0.650. The van der Waals surface area contributed by atoms with Gasteiger partial charge in [-0.05, 0) is 55.7 Å². The molecule has 0 atom stereocenters. The molecular formula is C10H8N2S3. The van der Waals surface area contributed by atoms with E-state index in [2.05, 4.69) is 9.97 Å². The van der Waals surface area contributed by atoms with Gasteiger partial charge in [0.25, 0.3) is 0 Å². The normalized spacial score (nSPS) is 10.1. The first kappa shape index (κ1) is 10.9. The molecule has 2 aromatic rings. The van der Waals surface area contributed by atoms with Crippen LogP contribution < -0.4 is 0 Å². The average molecular weight is 252 g/mol. The Morgan fingerprint density at radius 3 is 1.67 bits per heavy atom. The maximum atomic E-state index is 4.22. The van der Waals surface area contributed by atoms with Gasteiger partial charge in [0.15, 0.2) is 0 Å². The van der Waals surface area contributed by atoms with E-state index in [1.807, 2.05) is 36.4 Å². The van der Waals surface area contributed by atoms with Crippen molar-refractivity contribution in [2.75, 3.05) is 0 Å². The number of pyridine rings is 2. The molecule has 0 N–H and O–H groups in total. The van der Waals surface area contributed by atoms with Crippen molar-refractivity contribution in [1.29, 1.82) is 0 Å². The highest BCUT2D eigenvalue weighted by Gasteiger charge is 1.97. The highest BCUT2D eigenvalue weighted by Crippen LogP contribution is 2.42. The van der Waals surface area contributed by atoms with Gasteiger partial charge in [-0.2, -0.15) is 0 Å². The zero-order chi connectivity index (χ0) is 10.3. The number of hydrogen-bond donors (Lipinski definition) is 0. The second-order valence-corrected chi connectivity index (χ2v) is 6.51. The summed E-state index contributed by atoms with van der Waals surface area (Å²) in [5.41, 5.74) is 0. The largest absolute Gasteiger partial charge is 0.249 e. The fourth-order valence-corrected chi connectivity index (χ4v) is 4.20. The molecule has 0 aliphatic heterocycles. The fraction of sp³-hybridized carbons (Fsp3) is 0. The molecule has 0 spiro atoms. The first-order chi connectivity index (χ1) is 7.45. The third-order valence-electron chi connectivity index (χ3n) is 1.51. The van der Waals surface area contributed by atoms with Crippen LogP contribution in [0.25, 0.3) is 0 Å². The van der Waals surface area contributed by atoms with Gasteiger partial charge >= 0.3 is 0 Å². The molecular weight excluding hydrogens is 244 g/mol. The lowest BCUT2D eigenvalue weighted by Gasteiger charge is -1.98. The summed E-state index contributed by atoms with van der Waals surface area (Å²) in [6, 6.07) is 11.8. The molecule has 76 valence electrons. The number of nitrogens with zero attached hydrogens (tertiary/aromatic N) is 2. The standard InChI is InChI=1S/C10H8N2S3/c1-3-7-11-9(5-1)13-15-14-10-6-2-4-8-12-10/h1-8H. The van der Waals surface area contributed by atoms with Crippen molar-refractivity contribution in [3.8, 4) is 0 Å². The summed E-state index contributed by atoms with van der Waals surface area (Å²) in [6.07, 6.45) is 3.60. The van der Waals surface area contributed by atoms with Crippen molar-refractivity contribution in [2.24, 2.45) is 0 Å². The summed E-state index contributed by atoms with van der Waals surface area (Å²) in [6.45, 7) is 0. The monoisotopic (exact) mass is 252 g/mol. The highest BCUT2D eigenvalue weighted by molar-refractivity contribution is 9.09. The number of rotatable bonds is 4. The van der Waals surface area contributed by atoms with Crippen LogP contribution in [0, 0.1) is 0 Å². The third kappa shape index (κ3) is 3.77. The Morgan fingerprint density at radius 2 is 1.27 bits per heavy atom. The third-order valence-corrected chi connectivity index (χ3v) is 5.13. The van der Waals surface area contributed by atoms with Gasteiger partial charge in [0.2, 0.25) is 0 Å². The fourth-order valence-electron chi connectivity index (χ4n) is 0.879. The van der Waals surface area contributed by atoms with E-state index in [0.29, 0.717) is 0 Å². The Kier molecular flexibility index (Phi) is 4.38. The van der Waals surface area contributed by atoms with E-state index in [0.717, 1.165) is 10.1 Å². The predicted molar refractivity (Wildman–Crippen MR) is 67.8 cm³/mol. The van der Waals surface area contributed by atoms with Gasteiger partial charge in [-0.3, -0.25) is 0 Å². The zero-order valence-electron chi connectivity index (χ0n) is 7.74. The molecule has 2 rings (SSSR count). The van der Waals surface area contributed by atoms with Crippen molar-refractivity contribution in [2.45, 2.75) is 10.1 Å². The first-order valence-corrected chi connectivity index (χ1v) is 7.77. The van der Waals surface area contributed by atoms with Gasteiger partial charge in [0, 0.05) is 12.4 Å². The Balaban J connectivity index is 1.81. The van der Waals surface area contributed by atoms with Crippen LogP contribution in [0.2, 0.25) is 0 Å². The lowest BCUT2D eigenvalue weighted by Crippen LogP contribution is -1.73. The molecule has 0 amide bonds. The minimum atomic E-state index is 1.02. The molecule has 0 bridgehead atoms. The van der Waals surface area contributed by atoms with Crippen molar-refractivity contribution in [3.63, 3.8) is 0 Å². The molecule has 0 fully saturated rings. The zero-order valence-corrected chi connectivity index (χ0v) is 10.2. The van der Waals surface area contributed by atoms with Crippen LogP contribution >= 0.6 is 31.4 Å². The molecule has 2 aromatic heterocycles. The first-order valence-electron chi connectivity index (χ1n) is 4.28. The van der Waals surface area contributed by atoms with E-state index in [4.69, 9.17) is 0 Å². The van der Waals surface area contributed by atoms with Gasteiger partial charge in [-0.1, -0.05) is 12.1 Å². The summed E-state index contributed by atoms with van der Waals surface area (Å²) in [7, 11) is 4.96. The quantitative estimate of drug-likeness (QED) is 0.768. The van der Waals surface area contributed by atoms with Crippen LogP contribution in [0.15, 0.2) is 58.8 Å². The van der Waals surface area contributed by atoms with Crippen LogP contribution in [0.5, 0.6) is 0 Å². The van der Waals surface area contributed by atoms with E-state index in [9.17, 15) is 0 Å². The van der Waals surface area contributed by atoms with Crippen LogP contribution in [0.3, 0.4) is 0 Å². The molecule has 15 heavy (non-hydrogen) atoms. The molecule has 0 saturated carbocycles. The maximum Gasteiger partial charge on any atom is 0.107 e. The molecule has 2 nitrogen and oxygen atoms in total. The summed E-state index contributed by atoms with van der Waals surface area (Å²) in [5.74, 6) is 0. The Labute approximate surface area is 100 Å². The van der Waals surface area contributed by atoms with E-state index >= 15 is 0 Å². The lowest BCUT2D eigenvalue weighted by molar-refractivity contribution is 1.14. The van der Waals surface area contributed by atoms with Gasteiger partial charge in [0.05, 0.1) is 0 Å². The SMILES string of the molecule is c1ccc(SSSc2ccccn2)nc1. The molecule has 0 aliphatic carbocycles. The summed E-state index contributed by atoms with van der Waals surface area (Å²) < 4.78 is 0. The van der Waals surface area contributed by atoms with Crippen LogP contribution in [-0.4, -0.2) is 9.97 Å². The van der Waals surface area contributed by atoms with Crippen LogP contribution in [0.4, 0.5) is 0 Å². The number of hydrogen-bond acceptors (Lipinski definition) is 5. The topological polar surface area (TPSA) is 25.8 Å². The average Bonchev–Trinajstić information content (AvgIpc) is 2.32. The van der Waals surface area contributed by atoms with Crippen LogP contribution in [0.1, 0.15) is 0 Å². The predicted octanol–water partition coefficient (Wildman–Crippen LogP) is 3.92. The smallest absolute Gasteiger partial charge is 0.107 e. The summed E-state index contributed by atoms with van der Waals surface area (Å²) >= 11 is 0. The van der Waals surface area contributed by atoms with Crippen molar-refractivity contribution in [1.82, 2.24) is 9.97 Å². The Bertz CT molecular complexity index is 354. The second-order valence-electron chi connectivity index (χ2n) is 2.57.